The summed E-state index contributed by atoms with van der Waals surface area (Å²) in [5, 5.41) is 9.46. The molecule has 0 radical (unpaired) electrons. The minimum Gasteiger partial charge on any atom is -0.508 e. The number of ether oxygens (including phenoxy) is 2. The summed E-state index contributed by atoms with van der Waals surface area (Å²) in [6.45, 7) is 7.49. The van der Waals surface area contributed by atoms with Crippen molar-refractivity contribution in [3.05, 3.63) is 23.8 Å². The maximum Gasteiger partial charge on any atom is 0.127 e. The first-order valence-electron chi connectivity index (χ1n) is 6.39. The van der Waals surface area contributed by atoms with Crippen molar-refractivity contribution >= 4 is 0 Å². The molecule has 1 aromatic carbocycles. The van der Waals surface area contributed by atoms with E-state index in [2.05, 4.69) is 18.7 Å². The first kappa shape index (κ1) is 11.8. The molecule has 2 heterocycles. The number of phenols is 1. The summed E-state index contributed by atoms with van der Waals surface area (Å²) >= 11 is 0. The molecule has 2 aliphatic rings. The molecule has 0 spiro atoms. The van der Waals surface area contributed by atoms with Gasteiger partial charge in [0, 0.05) is 24.7 Å². The van der Waals surface area contributed by atoms with Crippen LogP contribution in [-0.4, -0.2) is 41.9 Å². The molecule has 4 nitrogen and oxygen atoms in total. The van der Waals surface area contributed by atoms with E-state index in [0.717, 1.165) is 25.4 Å². The topological polar surface area (TPSA) is 41.9 Å². The van der Waals surface area contributed by atoms with Gasteiger partial charge in [0.1, 0.15) is 18.1 Å². The van der Waals surface area contributed by atoms with Gasteiger partial charge in [-0.05, 0) is 26.0 Å². The van der Waals surface area contributed by atoms with Gasteiger partial charge < -0.3 is 14.6 Å². The zero-order chi connectivity index (χ0) is 12.8. The second-order valence-electron chi connectivity index (χ2n) is 5.63. The number of hydrogen-bond acceptors (Lipinski definition) is 4. The van der Waals surface area contributed by atoms with Crippen molar-refractivity contribution in [1.82, 2.24) is 4.90 Å². The highest BCUT2D eigenvalue weighted by Crippen LogP contribution is 2.39. The Balaban J connectivity index is 1.83. The number of morpholine rings is 1. The van der Waals surface area contributed by atoms with Crippen molar-refractivity contribution in [2.24, 2.45) is 0 Å². The van der Waals surface area contributed by atoms with Crippen molar-refractivity contribution in [3.8, 4) is 11.5 Å². The summed E-state index contributed by atoms with van der Waals surface area (Å²) in [6.07, 6.45) is 0. The summed E-state index contributed by atoms with van der Waals surface area (Å²) < 4.78 is 11.4. The lowest BCUT2D eigenvalue weighted by molar-refractivity contribution is -0.0987. The van der Waals surface area contributed by atoms with Gasteiger partial charge in [0.2, 0.25) is 0 Å². The number of rotatable bonds is 1. The lowest BCUT2D eigenvalue weighted by atomic mass is 10.0. The normalized spacial score (nSPS) is 26.7. The summed E-state index contributed by atoms with van der Waals surface area (Å²) in [5.74, 6) is 1.07. The number of nitrogens with zero attached hydrogens (tertiary/aromatic N) is 1. The van der Waals surface area contributed by atoms with Gasteiger partial charge in [-0.2, -0.15) is 0 Å². The van der Waals surface area contributed by atoms with Gasteiger partial charge in [0.25, 0.3) is 0 Å². The molecule has 0 bridgehead atoms. The van der Waals surface area contributed by atoms with Gasteiger partial charge >= 0.3 is 0 Å². The number of aromatic hydroxyl groups is 1. The molecule has 1 saturated heterocycles. The van der Waals surface area contributed by atoms with E-state index >= 15 is 0 Å². The Hall–Kier alpha value is -1.26. The van der Waals surface area contributed by atoms with Crippen LogP contribution >= 0.6 is 0 Å². The molecule has 3 rings (SSSR count). The zero-order valence-electron chi connectivity index (χ0n) is 10.8. The Bertz CT molecular complexity index is 458. The van der Waals surface area contributed by atoms with Crippen LogP contribution in [-0.2, 0) is 4.74 Å². The molecule has 1 N–H and O–H groups in total. The Labute approximate surface area is 107 Å². The van der Waals surface area contributed by atoms with Crippen LogP contribution in [0.4, 0.5) is 0 Å². The molecule has 0 saturated carbocycles. The van der Waals surface area contributed by atoms with Gasteiger partial charge in [-0.25, -0.2) is 0 Å². The van der Waals surface area contributed by atoms with Crippen LogP contribution in [0.25, 0.3) is 0 Å². The smallest absolute Gasteiger partial charge is 0.127 e. The first-order chi connectivity index (χ1) is 8.55. The standard InChI is InChI=1S/C14H19NO3/c1-14(2)9-15(5-6-18-14)12-8-17-13-7-10(16)3-4-11(12)13/h3-4,7,12,16H,5-6,8-9H2,1-2H3. The molecule has 18 heavy (non-hydrogen) atoms. The molecule has 0 aromatic heterocycles. The number of phenolic OH excluding ortho intramolecular Hbond substituents is 1. The van der Waals surface area contributed by atoms with E-state index in [-0.39, 0.29) is 17.4 Å². The van der Waals surface area contributed by atoms with Crippen molar-refractivity contribution in [1.29, 1.82) is 0 Å². The number of fused-ring (bicyclic) bond motifs is 1. The molecule has 1 unspecified atom stereocenters. The van der Waals surface area contributed by atoms with E-state index in [4.69, 9.17) is 9.47 Å². The Morgan fingerprint density at radius 1 is 1.39 bits per heavy atom. The molecule has 98 valence electrons. The quantitative estimate of drug-likeness (QED) is 0.826. The van der Waals surface area contributed by atoms with Crippen molar-refractivity contribution in [2.75, 3.05) is 26.3 Å². The highest BCUT2D eigenvalue weighted by atomic mass is 16.5. The van der Waals surface area contributed by atoms with Crippen molar-refractivity contribution < 1.29 is 14.6 Å². The summed E-state index contributed by atoms with van der Waals surface area (Å²) in [5.41, 5.74) is 1.07. The molecule has 1 fully saturated rings. The Morgan fingerprint density at radius 2 is 2.22 bits per heavy atom. The van der Waals surface area contributed by atoms with E-state index in [9.17, 15) is 5.11 Å². The summed E-state index contributed by atoms with van der Waals surface area (Å²) in [6, 6.07) is 5.67. The van der Waals surface area contributed by atoms with Crippen molar-refractivity contribution in [2.45, 2.75) is 25.5 Å². The maximum atomic E-state index is 9.46. The fourth-order valence-corrected chi connectivity index (χ4v) is 2.80. The van der Waals surface area contributed by atoms with Crippen LogP contribution in [0, 0.1) is 0 Å². The molecule has 4 heteroatoms. The third kappa shape index (κ3) is 2.06. The van der Waals surface area contributed by atoms with Gasteiger partial charge in [-0.1, -0.05) is 0 Å². The van der Waals surface area contributed by atoms with Crippen LogP contribution < -0.4 is 4.74 Å². The van der Waals surface area contributed by atoms with Crippen molar-refractivity contribution in [3.63, 3.8) is 0 Å². The largest absolute Gasteiger partial charge is 0.508 e. The monoisotopic (exact) mass is 249 g/mol. The fraction of sp³-hybridized carbons (Fsp3) is 0.571. The average molecular weight is 249 g/mol. The minimum atomic E-state index is -0.0993. The van der Waals surface area contributed by atoms with E-state index in [1.54, 1.807) is 12.1 Å². The fourth-order valence-electron chi connectivity index (χ4n) is 2.80. The van der Waals surface area contributed by atoms with E-state index in [1.807, 2.05) is 6.07 Å². The molecule has 0 aliphatic carbocycles. The third-order valence-electron chi connectivity index (χ3n) is 3.65. The SMILES string of the molecule is CC1(C)CN(C2COc3cc(O)ccc32)CCO1. The van der Waals surface area contributed by atoms with Gasteiger partial charge in [-0.15, -0.1) is 0 Å². The first-order valence-corrected chi connectivity index (χ1v) is 6.39. The van der Waals surface area contributed by atoms with Gasteiger partial charge in [0.15, 0.2) is 0 Å². The predicted molar refractivity (Wildman–Crippen MR) is 67.9 cm³/mol. The van der Waals surface area contributed by atoms with Gasteiger partial charge in [0.05, 0.1) is 18.2 Å². The van der Waals surface area contributed by atoms with E-state index in [1.165, 1.54) is 5.56 Å². The van der Waals surface area contributed by atoms with Crippen LogP contribution in [0.3, 0.4) is 0 Å². The van der Waals surface area contributed by atoms with Crippen LogP contribution in [0.15, 0.2) is 18.2 Å². The second kappa shape index (κ2) is 4.14. The summed E-state index contributed by atoms with van der Waals surface area (Å²) in [4.78, 5) is 2.41. The highest BCUT2D eigenvalue weighted by Gasteiger charge is 2.36. The molecular weight excluding hydrogens is 230 g/mol. The maximum absolute atomic E-state index is 9.46. The predicted octanol–water partition coefficient (Wildman–Crippen LogP) is 1.94. The van der Waals surface area contributed by atoms with Crippen LogP contribution in [0.1, 0.15) is 25.5 Å². The number of hydrogen-bond donors (Lipinski definition) is 1. The minimum absolute atomic E-state index is 0.0993. The zero-order valence-corrected chi connectivity index (χ0v) is 10.8. The average Bonchev–Trinajstić information content (AvgIpc) is 2.70. The lowest BCUT2D eigenvalue weighted by Crippen LogP contribution is -2.49. The van der Waals surface area contributed by atoms with Crippen LogP contribution in [0.5, 0.6) is 11.5 Å². The molecule has 1 aromatic rings. The Kier molecular flexibility index (Phi) is 2.72. The molecule has 2 aliphatic heterocycles. The van der Waals surface area contributed by atoms with E-state index in [0.29, 0.717) is 6.61 Å². The second-order valence-corrected chi connectivity index (χ2v) is 5.63. The van der Waals surface area contributed by atoms with E-state index < -0.39 is 0 Å². The molecular formula is C14H19NO3. The summed E-state index contributed by atoms with van der Waals surface area (Å²) in [7, 11) is 0. The Morgan fingerprint density at radius 3 is 3.00 bits per heavy atom. The lowest BCUT2D eigenvalue weighted by Gasteiger charge is -2.40. The molecule has 1 atom stereocenters. The molecule has 0 amide bonds. The number of benzene rings is 1. The third-order valence-corrected chi connectivity index (χ3v) is 3.65. The van der Waals surface area contributed by atoms with Gasteiger partial charge in [-0.3, -0.25) is 4.90 Å². The van der Waals surface area contributed by atoms with Crippen LogP contribution in [0.2, 0.25) is 0 Å². The highest BCUT2D eigenvalue weighted by molar-refractivity contribution is 5.44.